The Bertz CT molecular complexity index is 723. The van der Waals surface area contributed by atoms with Crippen LogP contribution in [0.1, 0.15) is 48.2 Å². The number of carbonyl (C=O) groups excluding carboxylic acids is 1. The summed E-state index contributed by atoms with van der Waals surface area (Å²) < 4.78 is 10.8. The van der Waals surface area contributed by atoms with Crippen molar-refractivity contribution in [2.24, 2.45) is 0 Å². The zero-order chi connectivity index (χ0) is 17.7. The van der Waals surface area contributed by atoms with Crippen molar-refractivity contribution in [1.82, 2.24) is 0 Å². The van der Waals surface area contributed by atoms with Crippen molar-refractivity contribution < 1.29 is 14.3 Å². The van der Waals surface area contributed by atoms with Gasteiger partial charge in [-0.15, -0.1) is 0 Å². The van der Waals surface area contributed by atoms with Crippen LogP contribution in [0.4, 0.5) is 5.69 Å². The second kappa shape index (κ2) is 7.86. The minimum Gasteiger partial charge on any atom is -0.493 e. The number of nitrogens with one attached hydrogen (secondary N) is 1. The van der Waals surface area contributed by atoms with Crippen LogP contribution in [0, 0.1) is 6.92 Å². The third-order valence-corrected chi connectivity index (χ3v) is 3.89. The van der Waals surface area contributed by atoms with Crippen LogP contribution < -0.4 is 14.8 Å². The molecule has 0 saturated heterocycles. The Hall–Kier alpha value is -2.49. The minimum absolute atomic E-state index is 0.160. The van der Waals surface area contributed by atoms with Gasteiger partial charge in [0.15, 0.2) is 11.5 Å². The van der Waals surface area contributed by atoms with Gasteiger partial charge in [-0.2, -0.15) is 0 Å². The van der Waals surface area contributed by atoms with Gasteiger partial charge in [0.1, 0.15) is 0 Å². The van der Waals surface area contributed by atoms with Crippen LogP contribution in [0.15, 0.2) is 36.4 Å². The highest BCUT2D eigenvalue weighted by atomic mass is 16.5. The maximum Gasteiger partial charge on any atom is 0.255 e. The first-order chi connectivity index (χ1) is 11.5. The summed E-state index contributed by atoms with van der Waals surface area (Å²) in [4.78, 5) is 12.7. The Balaban J connectivity index is 2.31. The van der Waals surface area contributed by atoms with Crippen LogP contribution in [-0.2, 0) is 0 Å². The summed E-state index contributed by atoms with van der Waals surface area (Å²) in [7, 11) is 1.57. The number of amides is 1. The highest BCUT2D eigenvalue weighted by Crippen LogP contribution is 2.30. The molecular formula is C20H25NO3. The second-order valence-electron chi connectivity index (χ2n) is 5.95. The predicted octanol–water partition coefficient (Wildman–Crippen LogP) is 4.78. The highest BCUT2D eigenvalue weighted by molar-refractivity contribution is 6.05. The van der Waals surface area contributed by atoms with Crippen LogP contribution in [0.25, 0.3) is 0 Å². The molecule has 0 radical (unpaired) electrons. The summed E-state index contributed by atoms with van der Waals surface area (Å²) in [6.07, 6.45) is 0. The van der Waals surface area contributed by atoms with Gasteiger partial charge in [-0.05, 0) is 49.1 Å². The van der Waals surface area contributed by atoms with E-state index in [2.05, 4.69) is 19.2 Å². The van der Waals surface area contributed by atoms with Crippen molar-refractivity contribution in [3.63, 3.8) is 0 Å². The topological polar surface area (TPSA) is 47.6 Å². The summed E-state index contributed by atoms with van der Waals surface area (Å²) >= 11 is 0. The third-order valence-electron chi connectivity index (χ3n) is 3.89. The quantitative estimate of drug-likeness (QED) is 0.830. The molecule has 2 aromatic rings. The minimum atomic E-state index is -0.160. The summed E-state index contributed by atoms with van der Waals surface area (Å²) in [5.74, 6) is 1.36. The van der Waals surface area contributed by atoms with E-state index in [0.717, 1.165) is 16.8 Å². The van der Waals surface area contributed by atoms with Crippen molar-refractivity contribution in [2.75, 3.05) is 19.0 Å². The molecule has 4 nitrogen and oxygen atoms in total. The van der Waals surface area contributed by atoms with E-state index in [-0.39, 0.29) is 5.91 Å². The number of hydrogen-bond donors (Lipinski definition) is 1. The summed E-state index contributed by atoms with van der Waals surface area (Å²) in [5, 5.41) is 3.04. The first kappa shape index (κ1) is 17.9. The Labute approximate surface area is 143 Å². The molecule has 0 aliphatic rings. The van der Waals surface area contributed by atoms with Crippen molar-refractivity contribution in [3.05, 3.63) is 53.1 Å². The molecule has 0 aromatic heterocycles. The molecule has 1 N–H and O–H groups in total. The number of para-hydroxylation sites is 1. The molecule has 4 heteroatoms. The molecule has 128 valence electrons. The summed E-state index contributed by atoms with van der Waals surface area (Å²) in [5.41, 5.74) is 3.59. The van der Waals surface area contributed by atoms with E-state index in [1.54, 1.807) is 25.3 Å². The van der Waals surface area contributed by atoms with Crippen molar-refractivity contribution >= 4 is 11.6 Å². The van der Waals surface area contributed by atoms with E-state index >= 15 is 0 Å². The molecule has 0 fully saturated rings. The largest absolute Gasteiger partial charge is 0.493 e. The van der Waals surface area contributed by atoms with Crippen LogP contribution in [0.2, 0.25) is 0 Å². The molecule has 0 spiro atoms. The molecule has 1 amide bonds. The standard InChI is InChI=1S/C20H25NO3/c1-6-24-17-11-10-15(12-18(17)23-5)20(22)21-19-14(4)8-7-9-16(19)13(2)3/h7-13H,6H2,1-5H3,(H,21,22). The Morgan fingerprint density at radius 1 is 1.17 bits per heavy atom. The number of carbonyl (C=O) groups is 1. The van der Waals surface area contributed by atoms with E-state index < -0.39 is 0 Å². The average molecular weight is 327 g/mol. The number of rotatable bonds is 6. The van der Waals surface area contributed by atoms with E-state index in [0.29, 0.717) is 29.6 Å². The number of ether oxygens (including phenoxy) is 2. The van der Waals surface area contributed by atoms with Gasteiger partial charge in [0, 0.05) is 11.3 Å². The van der Waals surface area contributed by atoms with Crippen molar-refractivity contribution in [2.45, 2.75) is 33.6 Å². The number of anilines is 1. The lowest BCUT2D eigenvalue weighted by Gasteiger charge is -2.17. The number of benzene rings is 2. The van der Waals surface area contributed by atoms with Crippen LogP contribution in [0.5, 0.6) is 11.5 Å². The Morgan fingerprint density at radius 2 is 1.92 bits per heavy atom. The molecule has 0 bridgehead atoms. The third kappa shape index (κ3) is 3.88. The second-order valence-corrected chi connectivity index (χ2v) is 5.95. The monoisotopic (exact) mass is 327 g/mol. The molecule has 0 unspecified atom stereocenters. The fraction of sp³-hybridized carbons (Fsp3) is 0.350. The van der Waals surface area contributed by atoms with E-state index in [9.17, 15) is 4.79 Å². The number of methoxy groups -OCH3 is 1. The SMILES string of the molecule is CCOc1ccc(C(=O)Nc2c(C)cccc2C(C)C)cc1OC. The van der Waals surface area contributed by atoms with Crippen molar-refractivity contribution in [3.8, 4) is 11.5 Å². The number of aryl methyl sites for hydroxylation is 1. The lowest BCUT2D eigenvalue weighted by molar-refractivity contribution is 0.102. The lowest BCUT2D eigenvalue weighted by Crippen LogP contribution is -2.15. The Kier molecular flexibility index (Phi) is 5.85. The predicted molar refractivity (Wildman–Crippen MR) is 97.4 cm³/mol. The van der Waals surface area contributed by atoms with Gasteiger partial charge in [0.05, 0.1) is 13.7 Å². The summed E-state index contributed by atoms with van der Waals surface area (Å²) in [6, 6.07) is 11.3. The smallest absolute Gasteiger partial charge is 0.255 e. The highest BCUT2D eigenvalue weighted by Gasteiger charge is 2.15. The van der Waals surface area contributed by atoms with Gasteiger partial charge in [0.2, 0.25) is 0 Å². The van der Waals surface area contributed by atoms with Gasteiger partial charge < -0.3 is 14.8 Å². The van der Waals surface area contributed by atoms with Gasteiger partial charge in [-0.25, -0.2) is 0 Å². The maximum atomic E-state index is 12.7. The molecule has 0 atom stereocenters. The van der Waals surface area contributed by atoms with Crippen LogP contribution >= 0.6 is 0 Å². The van der Waals surface area contributed by atoms with E-state index in [1.807, 2.05) is 32.0 Å². The molecule has 0 heterocycles. The zero-order valence-electron chi connectivity index (χ0n) is 15.0. The normalized spacial score (nSPS) is 10.6. The van der Waals surface area contributed by atoms with Gasteiger partial charge in [-0.3, -0.25) is 4.79 Å². The van der Waals surface area contributed by atoms with Crippen LogP contribution in [0.3, 0.4) is 0 Å². The van der Waals surface area contributed by atoms with Gasteiger partial charge >= 0.3 is 0 Å². The maximum absolute atomic E-state index is 12.7. The van der Waals surface area contributed by atoms with E-state index in [1.165, 1.54) is 0 Å². The first-order valence-electron chi connectivity index (χ1n) is 8.19. The molecule has 0 saturated carbocycles. The lowest BCUT2D eigenvalue weighted by atomic mass is 9.98. The Morgan fingerprint density at radius 3 is 2.54 bits per heavy atom. The summed E-state index contributed by atoms with van der Waals surface area (Å²) in [6.45, 7) is 8.68. The van der Waals surface area contributed by atoms with Gasteiger partial charge in [0.25, 0.3) is 5.91 Å². The van der Waals surface area contributed by atoms with Crippen molar-refractivity contribution in [1.29, 1.82) is 0 Å². The van der Waals surface area contributed by atoms with E-state index in [4.69, 9.17) is 9.47 Å². The molecule has 2 rings (SSSR count). The number of hydrogen-bond acceptors (Lipinski definition) is 3. The average Bonchev–Trinajstić information content (AvgIpc) is 2.56. The molecule has 0 aliphatic carbocycles. The first-order valence-corrected chi connectivity index (χ1v) is 8.19. The molecule has 2 aromatic carbocycles. The molecule has 0 aliphatic heterocycles. The zero-order valence-corrected chi connectivity index (χ0v) is 15.0. The van der Waals surface area contributed by atoms with Crippen LogP contribution in [-0.4, -0.2) is 19.6 Å². The molecule has 24 heavy (non-hydrogen) atoms. The molecular weight excluding hydrogens is 302 g/mol. The fourth-order valence-corrected chi connectivity index (χ4v) is 2.61. The fourth-order valence-electron chi connectivity index (χ4n) is 2.61. The van der Waals surface area contributed by atoms with Gasteiger partial charge in [-0.1, -0.05) is 32.0 Å².